The standard InChI is InChI=1S/C19H21N5O3/c1-3-27-14-8-6-13(7-9-14)16-20-12-15-17(21-16)24(18(25)22(15)2)19(26)23-10-4-5-11-23/h6-9,12H,3-5,10-11H2,1-2H3. The first-order valence-corrected chi connectivity index (χ1v) is 9.07. The van der Waals surface area contributed by atoms with Crippen LogP contribution in [0.3, 0.4) is 0 Å². The van der Waals surface area contributed by atoms with E-state index in [-0.39, 0.29) is 6.03 Å². The predicted octanol–water partition coefficient (Wildman–Crippen LogP) is 2.26. The first-order valence-electron chi connectivity index (χ1n) is 9.07. The van der Waals surface area contributed by atoms with Crippen molar-refractivity contribution in [1.29, 1.82) is 0 Å². The van der Waals surface area contributed by atoms with Crippen LogP contribution in [0.5, 0.6) is 5.75 Å². The Morgan fingerprint density at radius 3 is 2.56 bits per heavy atom. The van der Waals surface area contributed by atoms with Gasteiger partial charge in [-0.3, -0.25) is 4.57 Å². The molecule has 8 nitrogen and oxygen atoms in total. The van der Waals surface area contributed by atoms with E-state index in [1.54, 1.807) is 18.1 Å². The average molecular weight is 367 g/mol. The maximum absolute atomic E-state index is 12.9. The zero-order valence-corrected chi connectivity index (χ0v) is 15.4. The van der Waals surface area contributed by atoms with Gasteiger partial charge in [-0.2, -0.15) is 4.57 Å². The van der Waals surface area contributed by atoms with Crippen molar-refractivity contribution in [3.8, 4) is 17.1 Å². The van der Waals surface area contributed by atoms with E-state index in [4.69, 9.17) is 4.74 Å². The van der Waals surface area contributed by atoms with Gasteiger partial charge in [-0.25, -0.2) is 19.6 Å². The number of nitrogens with zero attached hydrogens (tertiary/aromatic N) is 5. The molecular weight excluding hydrogens is 346 g/mol. The summed E-state index contributed by atoms with van der Waals surface area (Å²) >= 11 is 0. The summed E-state index contributed by atoms with van der Waals surface area (Å²) in [6.45, 7) is 3.85. The Morgan fingerprint density at radius 1 is 1.19 bits per heavy atom. The lowest BCUT2D eigenvalue weighted by atomic mass is 10.2. The number of benzene rings is 1. The van der Waals surface area contributed by atoms with Crippen molar-refractivity contribution in [2.75, 3.05) is 19.7 Å². The van der Waals surface area contributed by atoms with Crippen molar-refractivity contribution in [3.05, 3.63) is 40.9 Å². The molecule has 0 bridgehead atoms. The van der Waals surface area contributed by atoms with E-state index in [9.17, 15) is 9.59 Å². The van der Waals surface area contributed by atoms with Crippen LogP contribution >= 0.6 is 0 Å². The first-order chi connectivity index (χ1) is 13.1. The Balaban J connectivity index is 1.80. The highest BCUT2D eigenvalue weighted by molar-refractivity contribution is 5.87. The molecule has 0 unspecified atom stereocenters. The van der Waals surface area contributed by atoms with E-state index in [0.29, 0.717) is 36.7 Å². The monoisotopic (exact) mass is 367 g/mol. The van der Waals surface area contributed by atoms with Gasteiger partial charge >= 0.3 is 11.7 Å². The minimum absolute atomic E-state index is 0.320. The molecule has 1 aromatic carbocycles. The van der Waals surface area contributed by atoms with E-state index >= 15 is 0 Å². The summed E-state index contributed by atoms with van der Waals surface area (Å²) in [6, 6.07) is 7.10. The van der Waals surface area contributed by atoms with Crippen LogP contribution in [0, 0.1) is 0 Å². The SMILES string of the molecule is CCOc1ccc(-c2ncc3c(n2)n(C(=O)N2CCCC2)c(=O)n3C)cc1. The fourth-order valence-corrected chi connectivity index (χ4v) is 3.34. The van der Waals surface area contributed by atoms with Crippen LogP contribution in [0.2, 0.25) is 0 Å². The highest BCUT2D eigenvalue weighted by Crippen LogP contribution is 2.21. The highest BCUT2D eigenvalue weighted by Gasteiger charge is 2.25. The van der Waals surface area contributed by atoms with Crippen molar-refractivity contribution < 1.29 is 9.53 Å². The molecule has 3 aromatic rings. The summed E-state index contributed by atoms with van der Waals surface area (Å²) in [6.07, 6.45) is 3.50. The normalized spacial score (nSPS) is 14.1. The zero-order chi connectivity index (χ0) is 19.0. The topological polar surface area (TPSA) is 82.2 Å². The van der Waals surface area contributed by atoms with Crippen molar-refractivity contribution in [1.82, 2.24) is 24.0 Å². The summed E-state index contributed by atoms with van der Waals surface area (Å²) < 4.78 is 8.01. The number of hydrogen-bond donors (Lipinski definition) is 0. The number of rotatable bonds is 3. The van der Waals surface area contributed by atoms with Gasteiger partial charge in [0.15, 0.2) is 11.5 Å². The van der Waals surface area contributed by atoms with E-state index in [0.717, 1.165) is 28.7 Å². The second-order valence-corrected chi connectivity index (χ2v) is 6.51. The minimum Gasteiger partial charge on any atom is -0.494 e. The number of ether oxygens (including phenoxy) is 1. The molecule has 0 saturated carbocycles. The fraction of sp³-hybridized carbons (Fsp3) is 0.368. The van der Waals surface area contributed by atoms with Crippen molar-refractivity contribution in [2.45, 2.75) is 19.8 Å². The highest BCUT2D eigenvalue weighted by atomic mass is 16.5. The molecule has 8 heteroatoms. The molecule has 1 amide bonds. The molecule has 0 N–H and O–H groups in total. The summed E-state index contributed by atoms with van der Waals surface area (Å²) in [5.41, 5.74) is 1.25. The van der Waals surface area contributed by atoms with Gasteiger partial charge in [0.1, 0.15) is 11.3 Å². The lowest BCUT2D eigenvalue weighted by Crippen LogP contribution is -2.38. The van der Waals surface area contributed by atoms with Crippen LogP contribution in [-0.2, 0) is 7.05 Å². The van der Waals surface area contributed by atoms with Gasteiger partial charge in [0.2, 0.25) is 0 Å². The molecule has 140 valence electrons. The molecular formula is C19H21N5O3. The van der Waals surface area contributed by atoms with Gasteiger partial charge in [0.05, 0.1) is 12.8 Å². The molecule has 1 fully saturated rings. The largest absolute Gasteiger partial charge is 0.494 e. The first kappa shape index (κ1) is 17.3. The number of likely N-dealkylation sites (tertiary alicyclic amines) is 1. The maximum Gasteiger partial charge on any atom is 0.338 e. The third-order valence-electron chi connectivity index (χ3n) is 4.79. The molecule has 0 radical (unpaired) electrons. The number of aromatic nitrogens is 4. The Labute approximate surface area is 156 Å². The molecule has 0 spiro atoms. The number of imidazole rings is 1. The number of amides is 1. The number of fused-ring (bicyclic) bond motifs is 1. The number of carbonyl (C=O) groups excluding carboxylic acids is 1. The molecule has 1 saturated heterocycles. The summed E-state index contributed by atoms with van der Waals surface area (Å²) in [5, 5.41) is 0. The summed E-state index contributed by atoms with van der Waals surface area (Å²) in [4.78, 5) is 36.1. The molecule has 2 aromatic heterocycles. The molecule has 0 aliphatic carbocycles. The van der Waals surface area contributed by atoms with Crippen LogP contribution in [0.25, 0.3) is 22.6 Å². The van der Waals surface area contributed by atoms with Gasteiger partial charge < -0.3 is 9.64 Å². The van der Waals surface area contributed by atoms with Gasteiger partial charge in [-0.15, -0.1) is 0 Å². The van der Waals surface area contributed by atoms with Crippen LogP contribution in [0.15, 0.2) is 35.3 Å². The second kappa shape index (κ2) is 6.86. The number of carbonyl (C=O) groups is 1. The van der Waals surface area contributed by atoms with Gasteiger partial charge in [0.25, 0.3) is 0 Å². The third-order valence-corrected chi connectivity index (χ3v) is 4.79. The van der Waals surface area contributed by atoms with Crippen molar-refractivity contribution in [3.63, 3.8) is 0 Å². The molecule has 0 atom stereocenters. The molecule has 27 heavy (non-hydrogen) atoms. The van der Waals surface area contributed by atoms with E-state index in [2.05, 4.69) is 9.97 Å². The Bertz CT molecular complexity index is 1050. The van der Waals surface area contributed by atoms with Gasteiger partial charge in [-0.05, 0) is 44.0 Å². The van der Waals surface area contributed by atoms with Crippen LogP contribution in [0.1, 0.15) is 19.8 Å². The van der Waals surface area contributed by atoms with Gasteiger partial charge in [-0.1, -0.05) is 0 Å². The number of aryl methyl sites for hydroxylation is 1. The van der Waals surface area contributed by atoms with Crippen molar-refractivity contribution in [2.24, 2.45) is 7.05 Å². The molecule has 3 heterocycles. The van der Waals surface area contributed by atoms with Crippen molar-refractivity contribution >= 4 is 17.2 Å². The quantitative estimate of drug-likeness (QED) is 0.709. The van der Waals surface area contributed by atoms with Crippen LogP contribution < -0.4 is 10.4 Å². The van der Waals surface area contributed by atoms with E-state index in [1.807, 2.05) is 31.2 Å². The average Bonchev–Trinajstić information content (AvgIpc) is 3.30. The fourth-order valence-electron chi connectivity index (χ4n) is 3.34. The molecule has 1 aliphatic rings. The zero-order valence-electron chi connectivity index (χ0n) is 15.4. The van der Waals surface area contributed by atoms with Gasteiger partial charge in [0, 0.05) is 25.7 Å². The molecule has 4 rings (SSSR count). The van der Waals surface area contributed by atoms with E-state index in [1.165, 1.54) is 4.57 Å². The Kier molecular flexibility index (Phi) is 4.39. The summed E-state index contributed by atoms with van der Waals surface area (Å²) in [7, 11) is 1.62. The number of hydrogen-bond acceptors (Lipinski definition) is 5. The second-order valence-electron chi connectivity index (χ2n) is 6.51. The lowest BCUT2D eigenvalue weighted by molar-refractivity contribution is 0.210. The Hall–Kier alpha value is -3.16. The molecule has 1 aliphatic heterocycles. The minimum atomic E-state index is -0.403. The maximum atomic E-state index is 12.9. The third kappa shape index (κ3) is 2.97. The predicted molar refractivity (Wildman–Crippen MR) is 101 cm³/mol. The Morgan fingerprint density at radius 2 is 1.89 bits per heavy atom. The lowest BCUT2D eigenvalue weighted by Gasteiger charge is -2.14. The van der Waals surface area contributed by atoms with Crippen LogP contribution in [-0.4, -0.2) is 49.7 Å². The van der Waals surface area contributed by atoms with Crippen LogP contribution in [0.4, 0.5) is 4.79 Å². The smallest absolute Gasteiger partial charge is 0.338 e. The summed E-state index contributed by atoms with van der Waals surface area (Å²) in [5.74, 6) is 1.22. The van der Waals surface area contributed by atoms with E-state index < -0.39 is 5.69 Å².